The van der Waals surface area contributed by atoms with Crippen molar-refractivity contribution in [2.45, 2.75) is 0 Å². The van der Waals surface area contributed by atoms with Crippen LogP contribution in [0.1, 0.15) is 10.4 Å². The summed E-state index contributed by atoms with van der Waals surface area (Å²) in [5, 5.41) is 14.5. The number of carbonyl (C=O) groups excluding carboxylic acids is 2. The molecule has 0 radical (unpaired) electrons. The van der Waals surface area contributed by atoms with Crippen molar-refractivity contribution in [2.75, 3.05) is 23.8 Å². The van der Waals surface area contributed by atoms with Gasteiger partial charge in [-0.05, 0) is 42.5 Å². The first-order chi connectivity index (χ1) is 14.4. The predicted octanol–water partition coefficient (Wildman–Crippen LogP) is 3.89. The summed E-state index contributed by atoms with van der Waals surface area (Å²) in [6, 6.07) is 14.7. The molecule has 0 fully saturated rings. The molecule has 0 saturated carbocycles. The van der Waals surface area contributed by atoms with Gasteiger partial charge in [-0.3, -0.25) is 9.59 Å². The fourth-order valence-electron chi connectivity index (χ4n) is 2.62. The van der Waals surface area contributed by atoms with Gasteiger partial charge in [0.2, 0.25) is 11.8 Å². The first-order valence-electron chi connectivity index (χ1n) is 8.76. The largest absolute Gasteiger partial charge is 0.478 e. The van der Waals surface area contributed by atoms with Gasteiger partial charge in [0.1, 0.15) is 19.0 Å². The summed E-state index contributed by atoms with van der Waals surface area (Å²) in [5.74, 6) is -1.61. The molecule has 0 aliphatic heterocycles. The van der Waals surface area contributed by atoms with E-state index in [1.807, 2.05) is 6.07 Å². The number of furan rings is 1. The van der Waals surface area contributed by atoms with E-state index in [-0.39, 0.29) is 22.9 Å². The summed E-state index contributed by atoms with van der Waals surface area (Å²) in [4.78, 5) is 35.3. The molecule has 1 aromatic heterocycles. The summed E-state index contributed by atoms with van der Waals surface area (Å²) in [7, 11) is 0. The fraction of sp³-hybridized carbons (Fsp3) is 0.0952. The zero-order valence-electron chi connectivity index (χ0n) is 15.6. The van der Waals surface area contributed by atoms with E-state index in [1.165, 1.54) is 18.2 Å². The van der Waals surface area contributed by atoms with E-state index in [0.29, 0.717) is 11.4 Å². The van der Waals surface area contributed by atoms with E-state index < -0.39 is 24.4 Å². The second-order valence-electron chi connectivity index (χ2n) is 6.14. The maximum atomic E-state index is 12.0. The SMILES string of the molecule is O=C(COCC(=O)Nc1ccc(Cl)cc1C(=O)O)Nc1cccc(-c2ccco2)c1. The van der Waals surface area contributed by atoms with Crippen molar-refractivity contribution in [1.82, 2.24) is 0 Å². The van der Waals surface area contributed by atoms with Crippen LogP contribution < -0.4 is 10.6 Å². The minimum absolute atomic E-state index is 0.0830. The zero-order valence-corrected chi connectivity index (χ0v) is 16.3. The Morgan fingerprint density at radius 1 is 0.967 bits per heavy atom. The molecule has 154 valence electrons. The highest BCUT2D eigenvalue weighted by Gasteiger charge is 2.14. The van der Waals surface area contributed by atoms with Crippen LogP contribution in [0.3, 0.4) is 0 Å². The lowest BCUT2D eigenvalue weighted by atomic mass is 10.1. The molecule has 9 heteroatoms. The van der Waals surface area contributed by atoms with Gasteiger partial charge >= 0.3 is 5.97 Å². The smallest absolute Gasteiger partial charge is 0.337 e. The average molecular weight is 429 g/mol. The number of amides is 2. The maximum Gasteiger partial charge on any atom is 0.337 e. The van der Waals surface area contributed by atoms with Crippen LogP contribution in [-0.4, -0.2) is 36.1 Å². The van der Waals surface area contributed by atoms with Gasteiger partial charge in [-0.2, -0.15) is 0 Å². The van der Waals surface area contributed by atoms with Crippen molar-refractivity contribution in [3.8, 4) is 11.3 Å². The van der Waals surface area contributed by atoms with Gasteiger partial charge in [0.25, 0.3) is 0 Å². The molecule has 0 unspecified atom stereocenters. The highest BCUT2D eigenvalue weighted by molar-refractivity contribution is 6.31. The topological polar surface area (TPSA) is 118 Å². The van der Waals surface area contributed by atoms with Crippen LogP contribution >= 0.6 is 11.6 Å². The number of benzene rings is 2. The Hall–Kier alpha value is -3.62. The van der Waals surface area contributed by atoms with E-state index in [2.05, 4.69) is 10.6 Å². The normalized spacial score (nSPS) is 10.4. The zero-order chi connectivity index (χ0) is 21.5. The van der Waals surface area contributed by atoms with Gasteiger partial charge < -0.3 is 24.9 Å². The third-order valence-corrected chi connectivity index (χ3v) is 4.14. The number of carboxylic acid groups (broad SMARTS) is 1. The number of aromatic carboxylic acids is 1. The van der Waals surface area contributed by atoms with Crippen molar-refractivity contribution in [1.29, 1.82) is 0 Å². The lowest BCUT2D eigenvalue weighted by Gasteiger charge is -2.10. The van der Waals surface area contributed by atoms with Gasteiger partial charge in [-0.1, -0.05) is 23.7 Å². The Morgan fingerprint density at radius 2 is 1.73 bits per heavy atom. The van der Waals surface area contributed by atoms with Crippen LogP contribution in [0.15, 0.2) is 65.3 Å². The molecule has 2 amide bonds. The first kappa shape index (κ1) is 21.1. The van der Waals surface area contributed by atoms with Crippen molar-refractivity contribution in [3.05, 3.63) is 71.4 Å². The second kappa shape index (κ2) is 9.73. The third kappa shape index (κ3) is 5.69. The van der Waals surface area contributed by atoms with Crippen LogP contribution in [0.4, 0.5) is 11.4 Å². The lowest BCUT2D eigenvalue weighted by molar-refractivity contribution is -0.125. The van der Waals surface area contributed by atoms with Gasteiger partial charge in [-0.15, -0.1) is 0 Å². The van der Waals surface area contributed by atoms with E-state index in [4.69, 9.17) is 20.8 Å². The predicted molar refractivity (Wildman–Crippen MR) is 111 cm³/mol. The summed E-state index contributed by atoms with van der Waals surface area (Å²) in [6.07, 6.45) is 1.56. The maximum absolute atomic E-state index is 12.0. The number of hydrogen-bond acceptors (Lipinski definition) is 5. The number of nitrogens with one attached hydrogen (secondary N) is 2. The van der Waals surface area contributed by atoms with Crippen molar-refractivity contribution in [2.24, 2.45) is 0 Å². The van der Waals surface area contributed by atoms with E-state index in [0.717, 1.165) is 5.56 Å². The molecule has 0 spiro atoms. The second-order valence-corrected chi connectivity index (χ2v) is 6.58. The summed E-state index contributed by atoms with van der Waals surface area (Å²) in [6.45, 7) is -0.785. The van der Waals surface area contributed by atoms with Crippen molar-refractivity contribution in [3.63, 3.8) is 0 Å². The number of anilines is 2. The van der Waals surface area contributed by atoms with E-state index >= 15 is 0 Å². The van der Waals surface area contributed by atoms with Crippen LogP contribution in [-0.2, 0) is 14.3 Å². The summed E-state index contributed by atoms with van der Waals surface area (Å²) < 4.78 is 10.4. The third-order valence-electron chi connectivity index (χ3n) is 3.90. The number of carboxylic acids is 1. The molecule has 8 nitrogen and oxygen atoms in total. The standard InChI is InChI=1S/C21H17ClN2O6/c22-14-6-7-17(16(10-14)21(27)28)24-20(26)12-29-11-19(25)23-15-4-1-3-13(9-15)18-5-2-8-30-18/h1-10H,11-12H2,(H,23,25)(H,24,26)(H,27,28). The number of ether oxygens (including phenoxy) is 1. The van der Waals surface area contributed by atoms with Crippen molar-refractivity contribution >= 4 is 40.8 Å². The van der Waals surface area contributed by atoms with Gasteiger partial charge in [-0.25, -0.2) is 4.79 Å². The Kier molecular flexibility index (Phi) is 6.84. The van der Waals surface area contributed by atoms with Crippen LogP contribution in [0, 0.1) is 0 Å². The van der Waals surface area contributed by atoms with Gasteiger partial charge in [0, 0.05) is 16.3 Å². The summed E-state index contributed by atoms with van der Waals surface area (Å²) >= 11 is 5.77. The molecule has 3 rings (SSSR count). The molecule has 3 N–H and O–H groups in total. The molecule has 0 aliphatic rings. The molecule has 0 aliphatic carbocycles. The van der Waals surface area contributed by atoms with Gasteiger partial charge in [0.05, 0.1) is 17.5 Å². The Morgan fingerprint density at radius 3 is 2.43 bits per heavy atom. The number of carbonyl (C=O) groups is 3. The van der Waals surface area contributed by atoms with Crippen LogP contribution in [0.2, 0.25) is 5.02 Å². The molecule has 0 atom stereocenters. The molecular formula is C21H17ClN2O6. The highest BCUT2D eigenvalue weighted by Crippen LogP contribution is 2.23. The fourth-order valence-corrected chi connectivity index (χ4v) is 2.79. The van der Waals surface area contributed by atoms with Crippen LogP contribution in [0.5, 0.6) is 0 Å². The molecule has 30 heavy (non-hydrogen) atoms. The quantitative estimate of drug-likeness (QED) is 0.501. The lowest BCUT2D eigenvalue weighted by Crippen LogP contribution is -2.24. The average Bonchev–Trinajstić information content (AvgIpc) is 3.24. The molecular weight excluding hydrogens is 412 g/mol. The van der Waals surface area contributed by atoms with E-state index in [9.17, 15) is 19.5 Å². The highest BCUT2D eigenvalue weighted by atomic mass is 35.5. The molecule has 3 aromatic rings. The first-order valence-corrected chi connectivity index (χ1v) is 9.14. The monoisotopic (exact) mass is 428 g/mol. The molecule has 2 aromatic carbocycles. The number of rotatable bonds is 8. The van der Waals surface area contributed by atoms with Crippen LogP contribution in [0.25, 0.3) is 11.3 Å². The van der Waals surface area contributed by atoms with Crippen molar-refractivity contribution < 1.29 is 28.6 Å². The number of halogens is 1. The molecule has 1 heterocycles. The Balaban J connectivity index is 1.49. The van der Waals surface area contributed by atoms with Gasteiger partial charge in [0.15, 0.2) is 0 Å². The molecule has 0 saturated heterocycles. The Labute approximate surface area is 176 Å². The molecule has 0 bridgehead atoms. The number of hydrogen-bond donors (Lipinski definition) is 3. The summed E-state index contributed by atoms with van der Waals surface area (Å²) in [5.41, 5.74) is 1.29. The minimum atomic E-state index is -1.23. The Bertz CT molecular complexity index is 1070. The minimum Gasteiger partial charge on any atom is -0.478 e. The van der Waals surface area contributed by atoms with E-state index in [1.54, 1.807) is 36.6 Å².